The molecule has 30 heavy (non-hydrogen) atoms. The van der Waals surface area contributed by atoms with E-state index in [1.807, 2.05) is 50.4 Å². The molecule has 8 nitrogen and oxygen atoms in total. The van der Waals surface area contributed by atoms with Gasteiger partial charge in [0, 0.05) is 23.0 Å². The maximum Gasteiger partial charge on any atom is 0.413 e. The van der Waals surface area contributed by atoms with Crippen molar-refractivity contribution in [1.29, 1.82) is 0 Å². The number of aromatic nitrogens is 3. The van der Waals surface area contributed by atoms with Crippen molar-refractivity contribution in [2.45, 2.75) is 19.9 Å². The molecule has 0 aliphatic carbocycles. The lowest BCUT2D eigenvalue weighted by molar-refractivity contribution is 0.186. The molecule has 1 atom stereocenters. The Labute approximate surface area is 181 Å². The number of anilines is 1. The van der Waals surface area contributed by atoms with Crippen LogP contribution in [0, 0.1) is 0 Å². The fourth-order valence-electron chi connectivity index (χ4n) is 3.55. The van der Waals surface area contributed by atoms with Crippen LogP contribution in [0.2, 0.25) is 0 Å². The summed E-state index contributed by atoms with van der Waals surface area (Å²) in [5, 5.41) is 20.4. The van der Waals surface area contributed by atoms with Gasteiger partial charge in [-0.2, -0.15) is 0 Å². The highest BCUT2D eigenvalue weighted by Gasteiger charge is 2.27. The van der Waals surface area contributed by atoms with Crippen molar-refractivity contribution in [3.8, 4) is 5.75 Å². The largest absolute Gasteiger partial charge is 0.507 e. The highest BCUT2D eigenvalue weighted by atomic mass is 79.9. The Morgan fingerprint density at radius 3 is 2.90 bits per heavy atom. The maximum atomic E-state index is 11.7. The molecule has 1 aliphatic heterocycles. The number of carbonyl (C=O) groups excluding carboxylic acids is 1. The lowest BCUT2D eigenvalue weighted by Crippen LogP contribution is -2.20. The van der Waals surface area contributed by atoms with Gasteiger partial charge in [-0.3, -0.25) is 5.32 Å². The molecule has 4 rings (SSSR count). The third-order valence-electron chi connectivity index (χ3n) is 4.91. The zero-order valence-electron chi connectivity index (χ0n) is 16.6. The molecule has 1 aromatic carbocycles. The first kappa shape index (κ1) is 20.0. The summed E-state index contributed by atoms with van der Waals surface area (Å²) in [6.07, 6.45) is 5.10. The van der Waals surface area contributed by atoms with Crippen molar-refractivity contribution in [3.05, 3.63) is 69.6 Å². The summed E-state index contributed by atoms with van der Waals surface area (Å²) < 4.78 is 6.99. The van der Waals surface area contributed by atoms with E-state index in [2.05, 4.69) is 41.4 Å². The summed E-state index contributed by atoms with van der Waals surface area (Å²) >= 11 is 3.40. The van der Waals surface area contributed by atoms with Gasteiger partial charge in [-0.25, -0.2) is 14.3 Å². The SMILES string of the molecule is C/C=C\C1=C(C)NC(c2ccc(O)c(Br)c2)c2ccn3nc(NC(=O)OC)nc1c23. The number of nitrogens with zero attached hydrogens (tertiary/aromatic N) is 3. The first-order valence-corrected chi connectivity index (χ1v) is 10.1. The molecule has 0 radical (unpaired) electrons. The van der Waals surface area contributed by atoms with Gasteiger partial charge >= 0.3 is 6.09 Å². The van der Waals surface area contributed by atoms with E-state index in [1.54, 1.807) is 10.6 Å². The third-order valence-corrected chi connectivity index (χ3v) is 5.55. The first-order valence-electron chi connectivity index (χ1n) is 9.26. The van der Waals surface area contributed by atoms with Crippen LogP contribution in [0.5, 0.6) is 5.75 Å². The number of amides is 1. The van der Waals surface area contributed by atoms with E-state index >= 15 is 0 Å². The fourth-order valence-corrected chi connectivity index (χ4v) is 3.95. The molecular weight excluding hydrogens is 450 g/mol. The number of nitrogens with one attached hydrogen (secondary N) is 2. The molecule has 1 aliphatic rings. The van der Waals surface area contributed by atoms with Gasteiger partial charge in [-0.05, 0) is 53.5 Å². The normalized spacial score (nSPS) is 15.9. The van der Waals surface area contributed by atoms with Crippen molar-refractivity contribution in [2.75, 3.05) is 12.4 Å². The lowest BCUT2D eigenvalue weighted by Gasteiger charge is -2.20. The average Bonchev–Trinajstić information content (AvgIpc) is 3.10. The van der Waals surface area contributed by atoms with Gasteiger partial charge in [0.1, 0.15) is 11.4 Å². The number of ether oxygens (including phenoxy) is 1. The molecular formula is C21H20BrN5O3. The highest BCUT2D eigenvalue weighted by molar-refractivity contribution is 9.10. The Hall–Kier alpha value is -3.33. The number of phenolic OH excluding ortho intramolecular Hbond substituents is 1. The van der Waals surface area contributed by atoms with Crippen LogP contribution in [-0.4, -0.2) is 32.9 Å². The van der Waals surface area contributed by atoms with Crippen LogP contribution in [0.1, 0.15) is 36.7 Å². The minimum Gasteiger partial charge on any atom is -0.507 e. The third kappa shape index (κ3) is 3.41. The molecule has 0 bridgehead atoms. The number of methoxy groups -OCH3 is 1. The van der Waals surface area contributed by atoms with E-state index in [-0.39, 0.29) is 17.7 Å². The predicted molar refractivity (Wildman–Crippen MR) is 117 cm³/mol. The molecule has 9 heteroatoms. The lowest BCUT2D eigenvalue weighted by atomic mass is 9.99. The standard InChI is InChI=1S/C21H20BrN5O3/c1-4-5-13-11(2)23-17(12-6-7-16(28)15(22)10-12)14-8-9-27-19(14)18(13)24-20(26-27)25-21(29)30-3/h4-10,17,23,28H,1-3H3,(H,25,26,29)/b5-4-. The Morgan fingerprint density at radius 1 is 1.40 bits per heavy atom. The van der Waals surface area contributed by atoms with Gasteiger partial charge in [0.25, 0.3) is 5.95 Å². The zero-order valence-corrected chi connectivity index (χ0v) is 18.2. The van der Waals surface area contributed by atoms with Crippen molar-refractivity contribution >= 4 is 39.1 Å². The fraction of sp³-hybridized carbons (Fsp3) is 0.190. The van der Waals surface area contributed by atoms with Crippen LogP contribution in [0.4, 0.5) is 10.7 Å². The number of aromatic hydroxyl groups is 1. The Morgan fingerprint density at radius 2 is 2.20 bits per heavy atom. The molecule has 0 saturated carbocycles. The van der Waals surface area contributed by atoms with Crippen molar-refractivity contribution in [3.63, 3.8) is 0 Å². The van der Waals surface area contributed by atoms with E-state index in [0.717, 1.165) is 27.9 Å². The summed E-state index contributed by atoms with van der Waals surface area (Å²) in [5.74, 6) is 0.325. The van der Waals surface area contributed by atoms with Gasteiger partial charge in [0.15, 0.2) is 0 Å². The van der Waals surface area contributed by atoms with Gasteiger partial charge in [-0.15, -0.1) is 5.10 Å². The van der Waals surface area contributed by atoms with Gasteiger partial charge < -0.3 is 15.2 Å². The highest BCUT2D eigenvalue weighted by Crippen LogP contribution is 2.38. The van der Waals surface area contributed by atoms with E-state index in [1.165, 1.54) is 7.11 Å². The Kier molecular flexibility index (Phi) is 5.21. The first-order chi connectivity index (χ1) is 14.4. The summed E-state index contributed by atoms with van der Waals surface area (Å²) in [6.45, 7) is 3.92. The summed E-state index contributed by atoms with van der Waals surface area (Å²) in [5.41, 5.74) is 5.28. The van der Waals surface area contributed by atoms with Crippen molar-refractivity contribution < 1.29 is 14.6 Å². The Bertz CT molecular complexity index is 1210. The van der Waals surface area contributed by atoms with Gasteiger partial charge in [0.2, 0.25) is 0 Å². The molecule has 0 saturated heterocycles. The number of carbonyl (C=O) groups is 1. The van der Waals surface area contributed by atoms with Gasteiger partial charge in [0.05, 0.1) is 23.1 Å². The minimum absolute atomic E-state index is 0.145. The molecule has 3 heterocycles. The summed E-state index contributed by atoms with van der Waals surface area (Å²) in [4.78, 5) is 16.3. The van der Waals surface area contributed by atoms with Crippen LogP contribution in [0.15, 0.2) is 52.8 Å². The second kappa shape index (κ2) is 7.83. The number of rotatable bonds is 3. The van der Waals surface area contributed by atoms with Crippen LogP contribution in [0.3, 0.4) is 0 Å². The van der Waals surface area contributed by atoms with Gasteiger partial charge in [-0.1, -0.05) is 18.2 Å². The number of hydrogen-bond acceptors (Lipinski definition) is 6. The van der Waals surface area contributed by atoms with E-state index in [0.29, 0.717) is 10.2 Å². The monoisotopic (exact) mass is 469 g/mol. The Balaban J connectivity index is 1.96. The van der Waals surface area contributed by atoms with Crippen molar-refractivity contribution in [2.24, 2.45) is 0 Å². The second-order valence-corrected chi connectivity index (χ2v) is 7.65. The predicted octanol–water partition coefficient (Wildman–Crippen LogP) is 4.38. The maximum absolute atomic E-state index is 11.7. The molecule has 0 spiro atoms. The minimum atomic E-state index is -0.638. The van der Waals surface area contributed by atoms with E-state index < -0.39 is 6.09 Å². The number of allylic oxidation sites excluding steroid dienone is 4. The van der Waals surface area contributed by atoms with Crippen LogP contribution in [-0.2, 0) is 4.74 Å². The van der Waals surface area contributed by atoms with E-state index in [4.69, 9.17) is 0 Å². The molecule has 2 aromatic heterocycles. The quantitative estimate of drug-likeness (QED) is 0.526. The van der Waals surface area contributed by atoms with Crippen LogP contribution >= 0.6 is 15.9 Å². The summed E-state index contributed by atoms with van der Waals surface area (Å²) in [7, 11) is 1.29. The zero-order chi connectivity index (χ0) is 21.4. The van der Waals surface area contributed by atoms with Crippen LogP contribution in [0.25, 0.3) is 11.1 Å². The topological polar surface area (TPSA) is 101 Å². The number of phenols is 1. The van der Waals surface area contributed by atoms with E-state index in [9.17, 15) is 9.90 Å². The number of benzene rings is 1. The number of halogens is 1. The number of hydrogen-bond donors (Lipinski definition) is 3. The average molecular weight is 470 g/mol. The molecule has 3 aromatic rings. The molecule has 154 valence electrons. The molecule has 3 N–H and O–H groups in total. The second-order valence-electron chi connectivity index (χ2n) is 6.79. The molecule has 0 fully saturated rings. The molecule has 1 unspecified atom stereocenters. The van der Waals surface area contributed by atoms with Crippen LogP contribution < -0.4 is 10.6 Å². The smallest absolute Gasteiger partial charge is 0.413 e. The summed E-state index contributed by atoms with van der Waals surface area (Å²) in [6, 6.07) is 7.21. The van der Waals surface area contributed by atoms with Crippen molar-refractivity contribution in [1.82, 2.24) is 19.9 Å². The molecule has 1 amide bonds.